The van der Waals surface area contributed by atoms with E-state index in [9.17, 15) is 8.78 Å². The molecule has 1 aromatic carbocycles. The van der Waals surface area contributed by atoms with E-state index in [1.54, 1.807) is 0 Å². The molecule has 1 radical (unpaired) electrons. The molecule has 0 amide bonds. The van der Waals surface area contributed by atoms with Crippen LogP contribution < -0.4 is 4.74 Å². The third kappa shape index (κ3) is 2.68. The van der Waals surface area contributed by atoms with Crippen LogP contribution in [0.5, 0.6) is 5.75 Å². The van der Waals surface area contributed by atoms with Crippen LogP contribution in [-0.4, -0.2) is 6.61 Å². The Morgan fingerprint density at radius 1 is 1.31 bits per heavy atom. The van der Waals surface area contributed by atoms with Gasteiger partial charge in [0, 0.05) is 0 Å². The summed E-state index contributed by atoms with van der Waals surface area (Å²) in [6.07, 6.45) is 1.72. The van der Waals surface area contributed by atoms with E-state index in [0.717, 1.165) is 25.0 Å². The Morgan fingerprint density at radius 2 is 1.92 bits per heavy atom. The summed E-state index contributed by atoms with van der Waals surface area (Å²) in [5.41, 5.74) is 0. The minimum atomic E-state index is -0.698. The lowest BCUT2D eigenvalue weighted by Crippen LogP contribution is -2.00. The van der Waals surface area contributed by atoms with Crippen LogP contribution in [0.2, 0.25) is 0 Å². The number of hydrogen-bond acceptors (Lipinski definition) is 1. The van der Waals surface area contributed by atoms with E-state index in [0.29, 0.717) is 6.61 Å². The molecule has 0 atom stereocenters. The lowest BCUT2D eigenvalue weighted by Gasteiger charge is -2.06. The Morgan fingerprint density at radius 3 is 2.46 bits per heavy atom. The molecule has 0 unspecified atom stereocenters. The highest BCUT2D eigenvalue weighted by atomic mass is 19.1. The molecule has 1 aromatic rings. The first kappa shape index (κ1) is 9.96. The maximum atomic E-state index is 12.9. The molecule has 0 heterocycles. The molecule has 0 spiro atoms. The predicted octanol–water partition coefficient (Wildman–Crippen LogP) is 2.94. The highest BCUT2D eigenvalue weighted by Crippen LogP contribution is 2.20. The summed E-state index contributed by atoms with van der Waals surface area (Å²) in [6, 6.07) is 4.45. The van der Waals surface area contributed by atoms with Crippen LogP contribution in [0.4, 0.5) is 8.78 Å². The monoisotopic (exact) mass is 185 g/mol. The quantitative estimate of drug-likeness (QED) is 0.655. The summed E-state index contributed by atoms with van der Waals surface area (Å²) >= 11 is 0. The zero-order valence-electron chi connectivity index (χ0n) is 7.44. The van der Waals surface area contributed by atoms with Gasteiger partial charge in [0.15, 0.2) is 17.4 Å². The van der Waals surface area contributed by atoms with Gasteiger partial charge in [-0.1, -0.05) is 13.3 Å². The van der Waals surface area contributed by atoms with Crippen LogP contribution in [0.3, 0.4) is 0 Å². The van der Waals surface area contributed by atoms with Crippen molar-refractivity contribution in [1.82, 2.24) is 0 Å². The van der Waals surface area contributed by atoms with Crippen molar-refractivity contribution < 1.29 is 13.5 Å². The summed E-state index contributed by atoms with van der Waals surface area (Å²) in [6.45, 7) is 2.32. The highest BCUT2D eigenvalue weighted by molar-refractivity contribution is 5.25. The van der Waals surface area contributed by atoms with Gasteiger partial charge in [-0.3, -0.25) is 0 Å². The molecule has 0 saturated carbocycles. The standard InChI is InChI=1S/C10H11F2O/c1-2-3-7-13-10-8(11)5-4-6-9(10)12/h5-6H,2-3,7H2,1H3. The van der Waals surface area contributed by atoms with E-state index in [-0.39, 0.29) is 5.75 Å². The zero-order valence-corrected chi connectivity index (χ0v) is 7.44. The molecule has 0 saturated heterocycles. The number of unbranched alkanes of at least 4 members (excludes halogenated alkanes) is 1. The first-order valence-electron chi connectivity index (χ1n) is 4.23. The van der Waals surface area contributed by atoms with Gasteiger partial charge in [0.25, 0.3) is 0 Å². The smallest absolute Gasteiger partial charge is 0.190 e. The van der Waals surface area contributed by atoms with Crippen molar-refractivity contribution in [2.75, 3.05) is 6.61 Å². The molecule has 0 aliphatic heterocycles. The molecule has 0 aliphatic rings. The second-order valence-corrected chi connectivity index (χ2v) is 2.68. The summed E-state index contributed by atoms with van der Waals surface area (Å²) in [7, 11) is 0. The van der Waals surface area contributed by atoms with Gasteiger partial charge in [0.2, 0.25) is 0 Å². The van der Waals surface area contributed by atoms with E-state index >= 15 is 0 Å². The van der Waals surface area contributed by atoms with Gasteiger partial charge in [0.05, 0.1) is 6.61 Å². The predicted molar refractivity (Wildman–Crippen MR) is 45.6 cm³/mol. The molecule has 3 heteroatoms. The fourth-order valence-electron chi connectivity index (χ4n) is 0.890. The Kier molecular flexibility index (Phi) is 3.68. The van der Waals surface area contributed by atoms with Gasteiger partial charge < -0.3 is 4.74 Å². The third-order valence-corrected chi connectivity index (χ3v) is 1.60. The third-order valence-electron chi connectivity index (χ3n) is 1.60. The van der Waals surface area contributed by atoms with E-state index < -0.39 is 11.6 Å². The number of hydrogen-bond donors (Lipinski definition) is 0. The van der Waals surface area contributed by atoms with Crippen LogP contribution in [0.1, 0.15) is 19.8 Å². The van der Waals surface area contributed by atoms with Gasteiger partial charge in [-0.25, -0.2) is 8.78 Å². The fourth-order valence-corrected chi connectivity index (χ4v) is 0.890. The molecule has 0 aliphatic carbocycles. The molecule has 13 heavy (non-hydrogen) atoms. The maximum absolute atomic E-state index is 12.9. The average Bonchev–Trinajstić information content (AvgIpc) is 2.10. The zero-order chi connectivity index (χ0) is 9.68. The average molecular weight is 185 g/mol. The highest BCUT2D eigenvalue weighted by Gasteiger charge is 2.08. The molecule has 0 N–H and O–H groups in total. The first-order valence-corrected chi connectivity index (χ1v) is 4.23. The topological polar surface area (TPSA) is 9.23 Å². The molecular weight excluding hydrogens is 174 g/mol. The maximum Gasteiger partial charge on any atom is 0.190 e. The Balaban J connectivity index is 2.64. The van der Waals surface area contributed by atoms with Crippen molar-refractivity contribution in [1.29, 1.82) is 0 Å². The molecule has 1 rings (SSSR count). The van der Waals surface area contributed by atoms with Crippen molar-refractivity contribution in [3.05, 3.63) is 29.8 Å². The van der Waals surface area contributed by atoms with E-state index in [4.69, 9.17) is 4.74 Å². The first-order chi connectivity index (χ1) is 6.25. The Bertz CT molecular complexity index is 253. The number of halogens is 2. The van der Waals surface area contributed by atoms with Gasteiger partial charge >= 0.3 is 0 Å². The van der Waals surface area contributed by atoms with Crippen LogP contribution >= 0.6 is 0 Å². The summed E-state index contributed by atoms with van der Waals surface area (Å²) < 4.78 is 30.7. The second-order valence-electron chi connectivity index (χ2n) is 2.68. The van der Waals surface area contributed by atoms with Crippen LogP contribution in [0.25, 0.3) is 0 Å². The molecule has 0 aromatic heterocycles. The normalized spacial score (nSPS) is 10.1. The summed E-state index contributed by atoms with van der Waals surface area (Å²) in [4.78, 5) is 0. The Labute approximate surface area is 76.3 Å². The molecule has 71 valence electrons. The van der Waals surface area contributed by atoms with Crippen molar-refractivity contribution in [2.24, 2.45) is 0 Å². The van der Waals surface area contributed by atoms with Gasteiger partial charge in [-0.2, -0.15) is 0 Å². The molecule has 0 fully saturated rings. The largest absolute Gasteiger partial charge is 0.488 e. The fraction of sp³-hybridized carbons (Fsp3) is 0.400. The van der Waals surface area contributed by atoms with Crippen molar-refractivity contribution >= 4 is 0 Å². The van der Waals surface area contributed by atoms with Crippen LogP contribution in [0, 0.1) is 17.7 Å². The number of ether oxygens (including phenoxy) is 1. The van der Waals surface area contributed by atoms with Gasteiger partial charge in [-0.05, 0) is 24.6 Å². The van der Waals surface area contributed by atoms with E-state index in [1.807, 2.05) is 6.92 Å². The lowest BCUT2D eigenvalue weighted by molar-refractivity contribution is 0.278. The Hall–Kier alpha value is -1.12. The van der Waals surface area contributed by atoms with Crippen molar-refractivity contribution in [2.45, 2.75) is 19.8 Å². The summed E-state index contributed by atoms with van der Waals surface area (Å²) in [5.74, 6) is -1.69. The van der Waals surface area contributed by atoms with Crippen molar-refractivity contribution in [3.8, 4) is 5.75 Å². The van der Waals surface area contributed by atoms with Crippen molar-refractivity contribution in [3.63, 3.8) is 0 Å². The number of benzene rings is 1. The molecule has 0 bridgehead atoms. The second kappa shape index (κ2) is 4.80. The van der Waals surface area contributed by atoms with Crippen LogP contribution in [-0.2, 0) is 0 Å². The van der Waals surface area contributed by atoms with Gasteiger partial charge in [0.1, 0.15) is 0 Å². The van der Waals surface area contributed by atoms with E-state index in [1.165, 1.54) is 0 Å². The van der Waals surface area contributed by atoms with Crippen LogP contribution in [0.15, 0.2) is 12.1 Å². The summed E-state index contributed by atoms with van der Waals surface area (Å²) in [5, 5.41) is 0. The minimum absolute atomic E-state index is 0.299. The number of rotatable bonds is 4. The lowest BCUT2D eigenvalue weighted by atomic mass is 10.3. The van der Waals surface area contributed by atoms with E-state index in [2.05, 4.69) is 6.07 Å². The van der Waals surface area contributed by atoms with Gasteiger partial charge in [-0.15, -0.1) is 0 Å². The molecule has 1 nitrogen and oxygen atoms in total. The molecular formula is C10H11F2O. The minimum Gasteiger partial charge on any atom is -0.488 e. The SMILES string of the molecule is CCCCOc1c(F)c[c]cc1F.